The summed E-state index contributed by atoms with van der Waals surface area (Å²) in [5.41, 5.74) is 0. The van der Waals surface area contributed by atoms with Gasteiger partial charge in [-0.05, 0) is 31.2 Å². The average molecular weight is 376 g/mol. The van der Waals surface area contributed by atoms with Crippen LogP contribution in [0.25, 0.3) is 0 Å². The first-order chi connectivity index (χ1) is 12.5. The number of ether oxygens (including phenoxy) is 4. The fourth-order valence-electron chi connectivity index (χ4n) is 2.59. The second-order valence-electron chi connectivity index (χ2n) is 5.87. The Labute approximate surface area is 156 Å². The lowest BCUT2D eigenvalue weighted by Crippen LogP contribution is -2.59. The van der Waals surface area contributed by atoms with Gasteiger partial charge in [0.15, 0.2) is 12.2 Å². The summed E-state index contributed by atoms with van der Waals surface area (Å²) in [7, 11) is 0. The summed E-state index contributed by atoms with van der Waals surface area (Å²) in [6, 6.07) is 17.8. The molecule has 0 amide bonds. The van der Waals surface area contributed by atoms with Crippen molar-refractivity contribution in [2.75, 3.05) is 0 Å². The highest BCUT2D eigenvalue weighted by Crippen LogP contribution is 2.26. The van der Waals surface area contributed by atoms with Crippen molar-refractivity contribution >= 4 is 17.5 Å². The highest BCUT2D eigenvalue weighted by Gasteiger charge is 2.46. The van der Waals surface area contributed by atoms with Crippen molar-refractivity contribution in [1.82, 2.24) is 0 Å². The van der Waals surface area contributed by atoms with E-state index in [2.05, 4.69) is 0 Å². The number of benzene rings is 2. The molecule has 1 aliphatic heterocycles. The molecular weight excluding hydrogens is 356 g/mol. The van der Waals surface area contributed by atoms with E-state index in [0.717, 1.165) is 0 Å². The molecule has 0 aliphatic carbocycles. The van der Waals surface area contributed by atoms with E-state index >= 15 is 0 Å². The smallest absolute Gasteiger partial charge is 0.358 e. The van der Waals surface area contributed by atoms with Gasteiger partial charge < -0.3 is 29.2 Å². The van der Waals surface area contributed by atoms with E-state index < -0.39 is 30.7 Å². The van der Waals surface area contributed by atoms with Gasteiger partial charge in [0, 0.05) is 12.2 Å². The van der Waals surface area contributed by atoms with Crippen LogP contribution in [-0.4, -0.2) is 46.2 Å². The van der Waals surface area contributed by atoms with Gasteiger partial charge in [0.25, 0.3) is 0 Å². The van der Waals surface area contributed by atoms with E-state index in [1.165, 1.54) is 0 Å². The number of para-hydroxylation sites is 2. The molecule has 0 bridgehead atoms. The third kappa shape index (κ3) is 4.50. The Bertz CT molecular complexity index is 710. The van der Waals surface area contributed by atoms with Crippen molar-refractivity contribution in [3.8, 4) is 11.5 Å². The summed E-state index contributed by atoms with van der Waals surface area (Å²) in [5.74, 6) is 1.03. The number of hydrogen-bond donors (Lipinski definition) is 2. The van der Waals surface area contributed by atoms with Gasteiger partial charge in [0.2, 0.25) is 6.29 Å². The first-order valence-electron chi connectivity index (χ1n) is 8.21. The quantitative estimate of drug-likeness (QED) is 0.793. The van der Waals surface area contributed by atoms with Crippen LogP contribution in [0, 0.1) is 0 Å². The molecule has 3 rings (SSSR count). The van der Waals surface area contributed by atoms with Crippen LogP contribution < -0.4 is 9.47 Å². The van der Waals surface area contributed by atoms with Gasteiger partial charge in [-0.25, -0.2) is 0 Å². The topological polar surface area (TPSA) is 77.4 Å². The monoisotopic (exact) mass is 376 g/mol. The van der Waals surface area contributed by atoms with Gasteiger partial charge in [0.05, 0.1) is 6.10 Å². The van der Waals surface area contributed by atoms with Crippen molar-refractivity contribution in [3.05, 3.63) is 60.7 Å². The lowest BCUT2D eigenvalue weighted by molar-refractivity contribution is -0.266. The molecule has 0 saturated carbocycles. The molecule has 7 heteroatoms. The Balaban J connectivity index is 1.67. The standard InChI is InChI=1S/C19H20O6S/c1-12-15(20)17(25-19(26)24-14-10-6-3-7-11-14)16(21)18(22-12)23-13-8-4-2-5-9-13/h2-12,15-18,20-21H,1H3/t12-,15+,16-,17+,18-/m0/s1. The Morgan fingerprint density at radius 3 is 2.12 bits per heavy atom. The number of rotatable bonds is 4. The molecule has 2 aromatic carbocycles. The molecule has 1 saturated heterocycles. The van der Waals surface area contributed by atoms with E-state index in [1.807, 2.05) is 12.1 Å². The van der Waals surface area contributed by atoms with Gasteiger partial charge in [0.1, 0.15) is 17.6 Å². The van der Waals surface area contributed by atoms with Crippen LogP contribution in [0.5, 0.6) is 11.5 Å². The number of thiocarbonyl (C=S) groups is 1. The van der Waals surface area contributed by atoms with Crippen LogP contribution in [0.15, 0.2) is 60.7 Å². The molecule has 138 valence electrons. The predicted molar refractivity (Wildman–Crippen MR) is 98.0 cm³/mol. The number of aliphatic hydroxyl groups is 2. The van der Waals surface area contributed by atoms with Crippen LogP contribution in [0.4, 0.5) is 0 Å². The predicted octanol–water partition coefficient (Wildman–Crippen LogP) is 2.28. The fourth-order valence-corrected chi connectivity index (χ4v) is 2.79. The summed E-state index contributed by atoms with van der Waals surface area (Å²) >= 11 is 5.08. The Kier molecular flexibility index (Phi) is 6.05. The van der Waals surface area contributed by atoms with Crippen LogP contribution in [0.2, 0.25) is 0 Å². The highest BCUT2D eigenvalue weighted by atomic mass is 32.1. The van der Waals surface area contributed by atoms with Gasteiger partial charge >= 0.3 is 5.24 Å². The molecule has 1 heterocycles. The van der Waals surface area contributed by atoms with E-state index in [-0.39, 0.29) is 5.24 Å². The molecule has 1 fully saturated rings. The van der Waals surface area contributed by atoms with Gasteiger partial charge in [-0.1, -0.05) is 36.4 Å². The van der Waals surface area contributed by atoms with Crippen LogP contribution >= 0.6 is 12.2 Å². The third-order valence-electron chi connectivity index (χ3n) is 3.95. The lowest BCUT2D eigenvalue weighted by Gasteiger charge is -2.40. The lowest BCUT2D eigenvalue weighted by atomic mass is 10.00. The zero-order valence-corrected chi connectivity index (χ0v) is 14.9. The minimum absolute atomic E-state index is 0.202. The van der Waals surface area contributed by atoms with Gasteiger partial charge in [-0.3, -0.25) is 0 Å². The first kappa shape index (κ1) is 18.6. The molecule has 2 N–H and O–H groups in total. The molecule has 26 heavy (non-hydrogen) atoms. The Hall–Kier alpha value is -2.19. The zero-order valence-electron chi connectivity index (χ0n) is 14.1. The van der Waals surface area contributed by atoms with E-state index in [1.54, 1.807) is 55.5 Å². The Morgan fingerprint density at radius 1 is 0.923 bits per heavy atom. The largest absolute Gasteiger partial charge is 0.462 e. The third-order valence-corrected chi connectivity index (χ3v) is 4.13. The molecule has 1 aliphatic rings. The summed E-state index contributed by atoms with van der Waals surface area (Å²) in [5, 5.41) is 20.7. The van der Waals surface area contributed by atoms with Crippen molar-refractivity contribution in [3.63, 3.8) is 0 Å². The number of aliphatic hydroxyl groups excluding tert-OH is 2. The maximum Gasteiger partial charge on any atom is 0.358 e. The molecule has 0 unspecified atom stereocenters. The molecule has 0 spiro atoms. The minimum Gasteiger partial charge on any atom is -0.462 e. The average Bonchev–Trinajstić information content (AvgIpc) is 2.65. The van der Waals surface area contributed by atoms with E-state index in [0.29, 0.717) is 11.5 Å². The Morgan fingerprint density at radius 2 is 1.50 bits per heavy atom. The molecular formula is C19H20O6S. The maximum absolute atomic E-state index is 10.5. The van der Waals surface area contributed by atoms with E-state index in [9.17, 15) is 10.2 Å². The maximum atomic E-state index is 10.5. The van der Waals surface area contributed by atoms with Crippen molar-refractivity contribution < 1.29 is 29.2 Å². The normalized spacial score (nSPS) is 28.2. The number of hydrogen-bond acceptors (Lipinski definition) is 7. The molecule has 0 radical (unpaired) electrons. The first-order valence-corrected chi connectivity index (χ1v) is 8.62. The second kappa shape index (κ2) is 8.46. The molecule has 5 atom stereocenters. The van der Waals surface area contributed by atoms with E-state index in [4.69, 9.17) is 31.2 Å². The summed E-state index contributed by atoms with van der Waals surface area (Å²) < 4.78 is 22.1. The summed E-state index contributed by atoms with van der Waals surface area (Å²) in [4.78, 5) is 0. The van der Waals surface area contributed by atoms with Crippen molar-refractivity contribution in [1.29, 1.82) is 0 Å². The van der Waals surface area contributed by atoms with Crippen molar-refractivity contribution in [2.24, 2.45) is 0 Å². The summed E-state index contributed by atoms with van der Waals surface area (Å²) in [6.07, 6.45) is -5.06. The minimum atomic E-state index is -1.27. The van der Waals surface area contributed by atoms with Crippen LogP contribution in [0.1, 0.15) is 6.92 Å². The molecule has 6 nitrogen and oxygen atoms in total. The highest BCUT2D eigenvalue weighted by molar-refractivity contribution is 7.79. The SMILES string of the molecule is C[C@@H]1O[C@@H](Oc2ccccc2)[C@@H](O)[C@H](OC(=S)Oc2ccccc2)[C@@H]1O. The second-order valence-corrected chi connectivity index (χ2v) is 6.20. The zero-order chi connectivity index (χ0) is 18.5. The summed E-state index contributed by atoms with van der Waals surface area (Å²) in [6.45, 7) is 1.66. The van der Waals surface area contributed by atoms with Crippen LogP contribution in [0.3, 0.4) is 0 Å². The van der Waals surface area contributed by atoms with Gasteiger partial charge in [-0.15, -0.1) is 0 Å². The van der Waals surface area contributed by atoms with Gasteiger partial charge in [-0.2, -0.15) is 0 Å². The molecule has 0 aromatic heterocycles. The fraction of sp³-hybridized carbons (Fsp3) is 0.316. The van der Waals surface area contributed by atoms with Crippen molar-refractivity contribution in [2.45, 2.75) is 37.6 Å². The molecule has 2 aromatic rings. The van der Waals surface area contributed by atoms with Crippen LogP contribution in [-0.2, 0) is 9.47 Å².